The van der Waals surface area contributed by atoms with Crippen LogP contribution in [0.5, 0.6) is 17.4 Å². The van der Waals surface area contributed by atoms with Crippen LogP contribution in [-0.2, 0) is 0 Å². The minimum atomic E-state index is 0.175. The lowest BCUT2D eigenvalue weighted by molar-refractivity contribution is 0.376. The van der Waals surface area contributed by atoms with Gasteiger partial charge in [-0.15, -0.1) is 0 Å². The molecule has 1 aromatic heterocycles. The predicted molar refractivity (Wildman–Crippen MR) is 77.0 cm³/mol. The predicted octanol–water partition coefficient (Wildman–Crippen LogP) is 3.01. The van der Waals surface area contributed by atoms with Gasteiger partial charge in [-0.3, -0.25) is 0 Å². The summed E-state index contributed by atoms with van der Waals surface area (Å²) in [6.45, 7) is 0. The molecule has 3 rings (SSSR count). The first kappa shape index (κ1) is 12.2. The molecule has 20 heavy (non-hydrogen) atoms. The van der Waals surface area contributed by atoms with E-state index >= 15 is 0 Å². The number of hydrogen-bond donors (Lipinski definition) is 1. The van der Waals surface area contributed by atoms with Crippen LogP contribution < -0.4 is 15.2 Å². The lowest BCUT2D eigenvalue weighted by Crippen LogP contribution is -1.99. The van der Waals surface area contributed by atoms with E-state index < -0.39 is 0 Å². The van der Waals surface area contributed by atoms with E-state index in [4.69, 9.17) is 15.2 Å². The number of nitrogens with two attached hydrogens (primary N) is 1. The number of nitrogen functional groups attached to an aromatic ring is 1. The quantitative estimate of drug-likeness (QED) is 0.789. The Balaban J connectivity index is 2.10. The first-order chi connectivity index (χ1) is 9.78. The van der Waals surface area contributed by atoms with E-state index in [1.165, 1.54) is 0 Å². The molecule has 0 saturated heterocycles. The molecule has 2 N–H and O–H groups in total. The Bertz CT molecular complexity index is 759. The molecule has 0 spiro atoms. The first-order valence-corrected chi connectivity index (χ1v) is 6.11. The van der Waals surface area contributed by atoms with Gasteiger partial charge in [0.2, 0.25) is 11.8 Å². The third kappa shape index (κ3) is 2.21. The van der Waals surface area contributed by atoms with Crippen LogP contribution >= 0.6 is 0 Å². The molecule has 0 atom stereocenters. The Morgan fingerprint density at radius 1 is 0.900 bits per heavy atom. The van der Waals surface area contributed by atoms with Crippen molar-refractivity contribution in [3.63, 3.8) is 0 Å². The van der Waals surface area contributed by atoms with Gasteiger partial charge in [-0.05, 0) is 24.3 Å². The molecule has 0 saturated carbocycles. The molecule has 5 heteroatoms. The fourth-order valence-electron chi connectivity index (χ4n) is 1.95. The van der Waals surface area contributed by atoms with Gasteiger partial charge in [-0.1, -0.05) is 24.3 Å². The molecule has 0 fully saturated rings. The summed E-state index contributed by atoms with van der Waals surface area (Å²) in [6.07, 6.45) is 0. The Labute approximate surface area is 116 Å². The third-order valence-electron chi connectivity index (χ3n) is 2.86. The Morgan fingerprint density at radius 2 is 1.60 bits per heavy atom. The molecule has 0 aliphatic rings. The van der Waals surface area contributed by atoms with Crippen molar-refractivity contribution < 1.29 is 9.47 Å². The highest BCUT2D eigenvalue weighted by Crippen LogP contribution is 2.33. The largest absolute Gasteiger partial charge is 0.493 e. The molecule has 0 radical (unpaired) electrons. The van der Waals surface area contributed by atoms with E-state index in [0.29, 0.717) is 17.4 Å². The number of methoxy groups -OCH3 is 1. The molecule has 5 nitrogen and oxygen atoms in total. The van der Waals surface area contributed by atoms with Crippen LogP contribution in [0, 0.1) is 0 Å². The second-order valence-corrected chi connectivity index (χ2v) is 4.16. The fourth-order valence-corrected chi connectivity index (χ4v) is 1.95. The molecule has 0 aliphatic heterocycles. The number of aromatic nitrogens is 2. The number of benzene rings is 2. The lowest BCUT2D eigenvalue weighted by Gasteiger charge is -2.11. The molecule has 0 bridgehead atoms. The second kappa shape index (κ2) is 5.05. The Morgan fingerprint density at radius 3 is 2.40 bits per heavy atom. The molecule has 0 aliphatic carbocycles. The van der Waals surface area contributed by atoms with Crippen molar-refractivity contribution in [2.24, 2.45) is 0 Å². The highest BCUT2D eigenvalue weighted by Gasteiger charge is 2.10. The molecule has 0 unspecified atom stereocenters. The van der Waals surface area contributed by atoms with Gasteiger partial charge in [-0.25, -0.2) is 4.98 Å². The summed E-state index contributed by atoms with van der Waals surface area (Å²) in [4.78, 5) is 8.34. The van der Waals surface area contributed by atoms with Gasteiger partial charge in [0.05, 0.1) is 18.0 Å². The zero-order valence-corrected chi connectivity index (χ0v) is 10.9. The van der Waals surface area contributed by atoms with Crippen molar-refractivity contribution >= 4 is 16.9 Å². The van der Waals surface area contributed by atoms with Crippen molar-refractivity contribution in [3.05, 3.63) is 48.5 Å². The summed E-state index contributed by atoms with van der Waals surface area (Å²) in [5, 5.41) is 0.799. The molecule has 3 aromatic rings. The van der Waals surface area contributed by atoms with Gasteiger partial charge in [0.15, 0.2) is 11.5 Å². The van der Waals surface area contributed by atoms with Crippen LogP contribution in [-0.4, -0.2) is 17.1 Å². The number of nitrogens with zero attached hydrogens (tertiary/aromatic N) is 2. The number of rotatable bonds is 3. The molecule has 1 heterocycles. The topological polar surface area (TPSA) is 70.3 Å². The highest BCUT2D eigenvalue weighted by molar-refractivity contribution is 5.84. The summed E-state index contributed by atoms with van der Waals surface area (Å²) in [5.74, 6) is 1.80. The van der Waals surface area contributed by atoms with Gasteiger partial charge in [0, 0.05) is 0 Å². The Kier molecular flexibility index (Phi) is 3.09. The first-order valence-electron chi connectivity index (χ1n) is 6.11. The van der Waals surface area contributed by atoms with Crippen molar-refractivity contribution in [2.75, 3.05) is 12.8 Å². The highest BCUT2D eigenvalue weighted by atomic mass is 16.5. The van der Waals surface area contributed by atoms with E-state index in [2.05, 4.69) is 9.97 Å². The third-order valence-corrected chi connectivity index (χ3v) is 2.86. The van der Waals surface area contributed by atoms with E-state index in [1.54, 1.807) is 7.11 Å². The summed E-state index contributed by atoms with van der Waals surface area (Å²) in [7, 11) is 1.59. The average Bonchev–Trinajstić information content (AvgIpc) is 2.47. The van der Waals surface area contributed by atoms with Gasteiger partial charge in [0.1, 0.15) is 0 Å². The zero-order chi connectivity index (χ0) is 13.9. The van der Waals surface area contributed by atoms with Crippen LogP contribution in [0.25, 0.3) is 10.9 Å². The van der Waals surface area contributed by atoms with Crippen molar-refractivity contribution in [1.29, 1.82) is 0 Å². The molecule has 100 valence electrons. The van der Waals surface area contributed by atoms with Crippen LogP contribution in [0.4, 0.5) is 5.95 Å². The maximum absolute atomic E-state index is 5.84. The maximum Gasteiger partial charge on any atom is 0.232 e. The number of ether oxygens (including phenoxy) is 2. The Hall–Kier alpha value is -2.82. The SMILES string of the molecule is COc1ccccc1Oc1nc(N)nc2ccccc12. The fraction of sp³-hybridized carbons (Fsp3) is 0.0667. The second-order valence-electron chi connectivity index (χ2n) is 4.16. The molecule has 0 amide bonds. The van der Waals surface area contributed by atoms with E-state index in [1.807, 2.05) is 48.5 Å². The maximum atomic E-state index is 5.84. The van der Waals surface area contributed by atoms with Gasteiger partial charge in [0.25, 0.3) is 0 Å². The summed E-state index contributed by atoms with van der Waals surface area (Å²) in [5.41, 5.74) is 6.46. The molecule has 2 aromatic carbocycles. The normalized spacial score (nSPS) is 10.4. The number of anilines is 1. The van der Waals surface area contributed by atoms with Gasteiger partial charge < -0.3 is 15.2 Å². The van der Waals surface area contributed by atoms with Crippen molar-refractivity contribution in [2.45, 2.75) is 0 Å². The monoisotopic (exact) mass is 267 g/mol. The summed E-state index contributed by atoms with van der Waals surface area (Å²) in [6, 6.07) is 14.9. The van der Waals surface area contributed by atoms with Gasteiger partial charge in [-0.2, -0.15) is 4.98 Å². The zero-order valence-electron chi connectivity index (χ0n) is 10.9. The summed E-state index contributed by atoms with van der Waals surface area (Å²) >= 11 is 0. The lowest BCUT2D eigenvalue weighted by atomic mass is 10.2. The molecular formula is C15H13N3O2. The molecular weight excluding hydrogens is 254 g/mol. The minimum Gasteiger partial charge on any atom is -0.493 e. The van der Waals surface area contributed by atoms with Crippen LogP contribution in [0.3, 0.4) is 0 Å². The number of fused-ring (bicyclic) bond motifs is 1. The smallest absolute Gasteiger partial charge is 0.232 e. The van der Waals surface area contributed by atoms with E-state index in [0.717, 1.165) is 10.9 Å². The number of para-hydroxylation sites is 3. The van der Waals surface area contributed by atoms with Crippen LogP contribution in [0.1, 0.15) is 0 Å². The van der Waals surface area contributed by atoms with Gasteiger partial charge >= 0.3 is 0 Å². The number of hydrogen-bond acceptors (Lipinski definition) is 5. The minimum absolute atomic E-state index is 0.175. The van der Waals surface area contributed by atoms with Crippen LogP contribution in [0.2, 0.25) is 0 Å². The van der Waals surface area contributed by atoms with Crippen LogP contribution in [0.15, 0.2) is 48.5 Å². The van der Waals surface area contributed by atoms with Crippen molar-refractivity contribution in [3.8, 4) is 17.4 Å². The van der Waals surface area contributed by atoms with E-state index in [-0.39, 0.29) is 5.95 Å². The average molecular weight is 267 g/mol. The standard InChI is InChI=1S/C15H13N3O2/c1-19-12-8-4-5-9-13(12)20-14-10-6-2-3-7-11(10)17-15(16)18-14/h2-9H,1H3,(H2,16,17,18). The summed E-state index contributed by atoms with van der Waals surface area (Å²) < 4.78 is 11.1. The van der Waals surface area contributed by atoms with Crippen molar-refractivity contribution in [1.82, 2.24) is 9.97 Å². The van der Waals surface area contributed by atoms with E-state index in [9.17, 15) is 0 Å².